The Balaban J connectivity index is 1.77. The molecule has 3 N–H and O–H groups in total. The number of anilines is 2. The van der Waals surface area contributed by atoms with Crippen LogP contribution < -0.4 is 10.6 Å². The zero-order chi connectivity index (χ0) is 12.8. The molecule has 18 heavy (non-hydrogen) atoms. The number of benzene rings is 1. The van der Waals surface area contributed by atoms with E-state index in [0.717, 1.165) is 51.3 Å². The summed E-state index contributed by atoms with van der Waals surface area (Å²) in [5, 5.41) is 8.77. The van der Waals surface area contributed by atoms with E-state index in [1.165, 1.54) is 5.69 Å². The second kappa shape index (κ2) is 6.61. The number of rotatable bonds is 5. The fourth-order valence-electron chi connectivity index (χ4n) is 2.36. The summed E-state index contributed by atoms with van der Waals surface area (Å²) in [6, 6.07) is 8.11. The minimum absolute atomic E-state index is 0.311. The van der Waals surface area contributed by atoms with Crippen molar-refractivity contribution in [1.29, 1.82) is 0 Å². The summed E-state index contributed by atoms with van der Waals surface area (Å²) >= 11 is 0. The van der Waals surface area contributed by atoms with E-state index in [1.54, 1.807) is 0 Å². The van der Waals surface area contributed by atoms with Crippen LogP contribution in [0, 0.1) is 0 Å². The third kappa shape index (κ3) is 3.62. The van der Waals surface area contributed by atoms with E-state index in [2.05, 4.69) is 21.9 Å². The highest BCUT2D eigenvalue weighted by Gasteiger charge is 2.16. The summed E-state index contributed by atoms with van der Waals surface area (Å²) in [7, 11) is 0. The molecule has 0 spiro atoms. The van der Waals surface area contributed by atoms with Crippen molar-refractivity contribution in [3.05, 3.63) is 24.3 Å². The van der Waals surface area contributed by atoms with E-state index in [9.17, 15) is 0 Å². The molecule has 0 saturated carbocycles. The average molecular weight is 249 g/mol. The van der Waals surface area contributed by atoms with E-state index >= 15 is 0 Å². The maximum absolute atomic E-state index is 8.77. The van der Waals surface area contributed by atoms with Gasteiger partial charge in [0, 0.05) is 44.2 Å². The molecular weight excluding hydrogens is 226 g/mol. The Kier molecular flexibility index (Phi) is 4.84. The van der Waals surface area contributed by atoms with Crippen LogP contribution in [0.3, 0.4) is 0 Å². The second-order valence-corrected chi connectivity index (χ2v) is 4.85. The molecule has 0 bridgehead atoms. The van der Waals surface area contributed by atoms with Gasteiger partial charge >= 0.3 is 0 Å². The number of nitrogen functional groups attached to an aromatic ring is 1. The summed E-state index contributed by atoms with van der Waals surface area (Å²) in [4.78, 5) is 4.88. The molecule has 1 aliphatic rings. The van der Waals surface area contributed by atoms with Gasteiger partial charge in [0.25, 0.3) is 0 Å². The molecule has 1 saturated heterocycles. The molecule has 2 rings (SSSR count). The normalized spacial score (nSPS) is 17.1. The van der Waals surface area contributed by atoms with Crippen molar-refractivity contribution in [2.45, 2.75) is 12.8 Å². The van der Waals surface area contributed by atoms with Crippen LogP contribution >= 0.6 is 0 Å². The predicted molar refractivity (Wildman–Crippen MR) is 75.8 cm³/mol. The smallest absolute Gasteiger partial charge is 0.0431 e. The molecule has 0 amide bonds. The monoisotopic (exact) mass is 249 g/mol. The summed E-state index contributed by atoms with van der Waals surface area (Å²) in [6.45, 7) is 5.78. The average Bonchev–Trinajstić information content (AvgIpc) is 2.41. The van der Waals surface area contributed by atoms with Crippen molar-refractivity contribution >= 4 is 11.4 Å². The number of nitrogens with zero attached hydrogens (tertiary/aromatic N) is 2. The molecule has 0 aliphatic carbocycles. The maximum Gasteiger partial charge on any atom is 0.0431 e. The first-order chi connectivity index (χ1) is 8.79. The Morgan fingerprint density at radius 1 is 1.00 bits per heavy atom. The van der Waals surface area contributed by atoms with Gasteiger partial charge in [0.1, 0.15) is 0 Å². The number of unbranched alkanes of at least 4 members (excludes halogenated alkanes) is 1. The van der Waals surface area contributed by atoms with E-state index in [0.29, 0.717) is 6.61 Å². The van der Waals surface area contributed by atoms with Crippen LogP contribution in [0.25, 0.3) is 0 Å². The number of hydrogen-bond acceptors (Lipinski definition) is 4. The molecule has 4 heteroatoms. The fourth-order valence-corrected chi connectivity index (χ4v) is 2.36. The van der Waals surface area contributed by atoms with Gasteiger partial charge in [0.05, 0.1) is 0 Å². The van der Waals surface area contributed by atoms with Gasteiger partial charge in [-0.05, 0) is 43.7 Å². The second-order valence-electron chi connectivity index (χ2n) is 4.85. The lowest BCUT2D eigenvalue weighted by Gasteiger charge is -2.36. The molecule has 1 aromatic carbocycles. The van der Waals surface area contributed by atoms with E-state index in [-0.39, 0.29) is 0 Å². The van der Waals surface area contributed by atoms with Crippen LogP contribution in [0.2, 0.25) is 0 Å². The standard InChI is InChI=1S/C14H23N3O/c15-13-3-5-14(6-4-13)17-10-8-16(9-11-17)7-1-2-12-18/h3-6,18H,1-2,7-12,15H2. The Hall–Kier alpha value is -1.26. The quantitative estimate of drug-likeness (QED) is 0.607. The van der Waals surface area contributed by atoms with Gasteiger partial charge in [0.2, 0.25) is 0 Å². The summed E-state index contributed by atoms with van der Waals surface area (Å²) in [5.41, 5.74) is 7.78. The Morgan fingerprint density at radius 2 is 1.67 bits per heavy atom. The number of aliphatic hydroxyl groups excluding tert-OH is 1. The molecule has 0 radical (unpaired) electrons. The fraction of sp³-hybridized carbons (Fsp3) is 0.571. The molecule has 1 fully saturated rings. The minimum atomic E-state index is 0.311. The molecule has 1 aliphatic heterocycles. The van der Waals surface area contributed by atoms with E-state index in [4.69, 9.17) is 10.8 Å². The van der Waals surface area contributed by atoms with Crippen LogP contribution in [0.4, 0.5) is 11.4 Å². The lowest BCUT2D eigenvalue weighted by Crippen LogP contribution is -2.46. The Labute approximate surface area is 109 Å². The predicted octanol–water partition coefficient (Wildman–Crippen LogP) is 1.16. The van der Waals surface area contributed by atoms with Crippen LogP contribution in [0.1, 0.15) is 12.8 Å². The van der Waals surface area contributed by atoms with Gasteiger partial charge in [-0.15, -0.1) is 0 Å². The zero-order valence-corrected chi connectivity index (χ0v) is 10.9. The van der Waals surface area contributed by atoms with Gasteiger partial charge in [-0.25, -0.2) is 0 Å². The molecule has 100 valence electrons. The van der Waals surface area contributed by atoms with Gasteiger partial charge in [0.15, 0.2) is 0 Å². The van der Waals surface area contributed by atoms with Crippen LogP contribution in [-0.2, 0) is 0 Å². The molecular formula is C14H23N3O. The van der Waals surface area contributed by atoms with Crippen molar-refractivity contribution in [3.8, 4) is 0 Å². The third-order valence-corrected chi connectivity index (χ3v) is 3.51. The summed E-state index contributed by atoms with van der Waals surface area (Å²) < 4.78 is 0. The number of nitrogens with two attached hydrogens (primary N) is 1. The van der Waals surface area contributed by atoms with Crippen molar-refractivity contribution in [3.63, 3.8) is 0 Å². The zero-order valence-electron chi connectivity index (χ0n) is 10.9. The lowest BCUT2D eigenvalue weighted by molar-refractivity contribution is 0.232. The van der Waals surface area contributed by atoms with Crippen molar-refractivity contribution < 1.29 is 5.11 Å². The van der Waals surface area contributed by atoms with Crippen LogP contribution in [0.15, 0.2) is 24.3 Å². The van der Waals surface area contributed by atoms with Crippen LogP contribution in [0.5, 0.6) is 0 Å². The van der Waals surface area contributed by atoms with E-state index in [1.807, 2.05) is 12.1 Å². The highest BCUT2D eigenvalue weighted by atomic mass is 16.2. The summed E-state index contributed by atoms with van der Waals surface area (Å²) in [6.07, 6.45) is 2.01. The Bertz CT molecular complexity index is 345. The molecule has 0 atom stereocenters. The minimum Gasteiger partial charge on any atom is -0.399 e. The topological polar surface area (TPSA) is 52.7 Å². The van der Waals surface area contributed by atoms with Crippen molar-refractivity contribution in [1.82, 2.24) is 4.90 Å². The SMILES string of the molecule is Nc1ccc(N2CCN(CCCCO)CC2)cc1. The molecule has 0 aromatic heterocycles. The van der Waals surface area contributed by atoms with Gasteiger partial charge in [-0.1, -0.05) is 0 Å². The van der Waals surface area contributed by atoms with Gasteiger partial charge in [-0.3, -0.25) is 4.90 Å². The first kappa shape index (κ1) is 13.2. The largest absolute Gasteiger partial charge is 0.399 e. The number of hydrogen-bond donors (Lipinski definition) is 2. The molecule has 4 nitrogen and oxygen atoms in total. The highest BCUT2D eigenvalue weighted by molar-refractivity contribution is 5.53. The Morgan fingerprint density at radius 3 is 2.28 bits per heavy atom. The van der Waals surface area contributed by atoms with Crippen LogP contribution in [-0.4, -0.2) is 49.3 Å². The van der Waals surface area contributed by atoms with Crippen molar-refractivity contribution in [2.24, 2.45) is 0 Å². The first-order valence-corrected chi connectivity index (χ1v) is 6.73. The first-order valence-electron chi connectivity index (χ1n) is 6.73. The van der Waals surface area contributed by atoms with Gasteiger partial charge < -0.3 is 15.7 Å². The number of piperazine rings is 1. The molecule has 1 aromatic rings. The van der Waals surface area contributed by atoms with Crippen molar-refractivity contribution in [2.75, 3.05) is 50.0 Å². The summed E-state index contributed by atoms with van der Waals surface area (Å²) in [5.74, 6) is 0. The van der Waals surface area contributed by atoms with Gasteiger partial charge in [-0.2, -0.15) is 0 Å². The maximum atomic E-state index is 8.77. The third-order valence-electron chi connectivity index (χ3n) is 3.51. The lowest BCUT2D eigenvalue weighted by atomic mass is 10.2. The van der Waals surface area contributed by atoms with E-state index < -0.39 is 0 Å². The molecule has 1 heterocycles. The highest BCUT2D eigenvalue weighted by Crippen LogP contribution is 2.18. The molecule has 0 unspecified atom stereocenters. The number of aliphatic hydroxyl groups is 1.